The van der Waals surface area contributed by atoms with Gasteiger partial charge in [0, 0.05) is 19.0 Å². The van der Waals surface area contributed by atoms with Gasteiger partial charge in [-0.3, -0.25) is 9.69 Å². The van der Waals surface area contributed by atoms with Crippen molar-refractivity contribution < 1.29 is 23.4 Å². The van der Waals surface area contributed by atoms with Crippen LogP contribution in [0.25, 0.3) is 10.8 Å². The third kappa shape index (κ3) is 5.70. The average molecular weight is 474 g/mol. The summed E-state index contributed by atoms with van der Waals surface area (Å²) in [6, 6.07) is 9.59. The van der Waals surface area contributed by atoms with E-state index in [2.05, 4.69) is 18.7 Å². The fraction of sp³-hybridized carbons (Fsp3) is 0.607. The minimum Gasteiger partial charge on any atom is -0.490 e. The number of carboxylic acids is 1. The molecule has 1 N–H and O–H groups in total. The first-order valence-corrected chi connectivity index (χ1v) is 12.8. The second-order valence-corrected chi connectivity index (χ2v) is 10.3. The molecule has 34 heavy (non-hydrogen) atoms. The second kappa shape index (κ2) is 11.0. The third-order valence-corrected chi connectivity index (χ3v) is 7.75. The summed E-state index contributed by atoms with van der Waals surface area (Å²) >= 11 is 0. The molecule has 0 spiro atoms. The smallest absolute Gasteiger partial charge is 0.303 e. The highest BCUT2D eigenvalue weighted by Crippen LogP contribution is 2.40. The Hall–Kier alpha value is -2.21. The molecule has 0 radical (unpaired) electrons. The van der Waals surface area contributed by atoms with Crippen LogP contribution in [0.5, 0.6) is 5.75 Å². The number of benzene rings is 2. The molecule has 2 atom stereocenters. The molecular weight excluding hydrogens is 436 g/mol. The van der Waals surface area contributed by atoms with Gasteiger partial charge in [-0.2, -0.15) is 0 Å². The molecule has 4 nitrogen and oxygen atoms in total. The molecule has 4 rings (SSSR count). The van der Waals surface area contributed by atoms with Crippen molar-refractivity contribution in [2.45, 2.75) is 83.8 Å². The van der Waals surface area contributed by atoms with Gasteiger partial charge < -0.3 is 9.84 Å². The van der Waals surface area contributed by atoms with Crippen molar-refractivity contribution in [3.63, 3.8) is 0 Å². The summed E-state index contributed by atoms with van der Waals surface area (Å²) in [5.41, 5.74) is 1.09. The van der Waals surface area contributed by atoms with Gasteiger partial charge in [-0.25, -0.2) is 8.78 Å². The molecule has 6 heteroatoms. The standard InChI is InChI=1S/C28H37F2NO3/c1-3-24(31-14-4-5-19(17-31)15-26(32)33)21-8-12-23-20(16-21)9-13-25(27(23)28(29)30)34-22-10-6-18(2)7-11-22/h8-9,12-13,16,18-19,22,24,28H,3-7,10-11,14-15,17H2,1-2H3,(H,32,33)/t18-,19-,22+,24?/m1/s1. The van der Waals surface area contributed by atoms with Crippen molar-refractivity contribution in [3.05, 3.63) is 41.5 Å². The Morgan fingerprint density at radius 2 is 1.91 bits per heavy atom. The largest absolute Gasteiger partial charge is 0.490 e. The number of likely N-dealkylation sites (tertiary alicyclic amines) is 1. The lowest BCUT2D eigenvalue weighted by Gasteiger charge is -2.38. The zero-order chi connectivity index (χ0) is 24.2. The monoisotopic (exact) mass is 473 g/mol. The number of hydrogen-bond acceptors (Lipinski definition) is 3. The molecule has 2 fully saturated rings. The fourth-order valence-electron chi connectivity index (χ4n) is 5.91. The zero-order valence-corrected chi connectivity index (χ0v) is 20.3. The first-order chi connectivity index (χ1) is 16.4. The Morgan fingerprint density at radius 3 is 2.59 bits per heavy atom. The molecule has 2 aromatic rings. The van der Waals surface area contributed by atoms with Gasteiger partial charge in [0.2, 0.25) is 0 Å². The number of alkyl halides is 2. The predicted molar refractivity (Wildman–Crippen MR) is 131 cm³/mol. The van der Waals surface area contributed by atoms with Crippen LogP contribution < -0.4 is 4.74 Å². The van der Waals surface area contributed by atoms with Crippen LogP contribution in [0.1, 0.15) is 88.8 Å². The van der Waals surface area contributed by atoms with E-state index in [4.69, 9.17) is 4.74 Å². The number of ether oxygens (including phenoxy) is 1. The molecule has 1 aliphatic heterocycles. The van der Waals surface area contributed by atoms with E-state index < -0.39 is 12.4 Å². The van der Waals surface area contributed by atoms with Crippen molar-refractivity contribution in [1.82, 2.24) is 4.90 Å². The average Bonchev–Trinajstić information content (AvgIpc) is 2.80. The molecule has 1 saturated heterocycles. The van der Waals surface area contributed by atoms with E-state index in [0.717, 1.165) is 69.0 Å². The maximum atomic E-state index is 14.2. The summed E-state index contributed by atoms with van der Waals surface area (Å²) in [5, 5.41) is 10.6. The van der Waals surface area contributed by atoms with E-state index in [0.29, 0.717) is 17.1 Å². The molecule has 2 aliphatic rings. The lowest BCUT2D eigenvalue weighted by atomic mass is 9.89. The summed E-state index contributed by atoms with van der Waals surface area (Å²) in [6.45, 7) is 6.05. The SMILES string of the molecule is CCC(c1ccc2c(C(F)F)c(O[C@H]3CC[C@@H](C)CC3)ccc2c1)N1CCC[C@H](CC(=O)O)C1. The third-order valence-electron chi connectivity index (χ3n) is 7.75. The predicted octanol–water partition coefficient (Wildman–Crippen LogP) is 7.37. The van der Waals surface area contributed by atoms with Crippen molar-refractivity contribution >= 4 is 16.7 Å². The number of piperidine rings is 1. The molecule has 0 bridgehead atoms. The molecule has 1 aliphatic carbocycles. The highest BCUT2D eigenvalue weighted by molar-refractivity contribution is 5.88. The quantitative estimate of drug-likeness (QED) is 0.435. The van der Waals surface area contributed by atoms with Crippen LogP contribution in [0.4, 0.5) is 8.78 Å². The van der Waals surface area contributed by atoms with Crippen LogP contribution in [-0.4, -0.2) is 35.2 Å². The maximum Gasteiger partial charge on any atom is 0.303 e. The number of halogens is 2. The van der Waals surface area contributed by atoms with E-state index in [1.807, 2.05) is 24.3 Å². The molecule has 1 saturated carbocycles. The number of carbonyl (C=O) groups is 1. The van der Waals surface area contributed by atoms with Crippen LogP contribution in [-0.2, 0) is 4.79 Å². The fourth-order valence-corrected chi connectivity index (χ4v) is 5.91. The number of rotatable bonds is 8. The van der Waals surface area contributed by atoms with Crippen molar-refractivity contribution in [3.8, 4) is 5.75 Å². The number of carboxylic acid groups (broad SMARTS) is 1. The number of fused-ring (bicyclic) bond motifs is 1. The highest BCUT2D eigenvalue weighted by atomic mass is 19.3. The van der Waals surface area contributed by atoms with Crippen molar-refractivity contribution in [2.75, 3.05) is 13.1 Å². The molecule has 2 aromatic carbocycles. The number of nitrogens with zero attached hydrogens (tertiary/aromatic N) is 1. The first-order valence-electron chi connectivity index (χ1n) is 12.8. The lowest BCUT2D eigenvalue weighted by molar-refractivity contribution is -0.138. The molecule has 186 valence electrons. The Kier molecular flexibility index (Phi) is 8.07. The Balaban J connectivity index is 1.58. The van der Waals surface area contributed by atoms with Crippen molar-refractivity contribution in [1.29, 1.82) is 0 Å². The van der Waals surface area contributed by atoms with Crippen LogP contribution >= 0.6 is 0 Å². The van der Waals surface area contributed by atoms with Gasteiger partial charge in [0.15, 0.2) is 0 Å². The highest BCUT2D eigenvalue weighted by Gasteiger charge is 2.28. The van der Waals surface area contributed by atoms with Crippen LogP contribution in [0, 0.1) is 11.8 Å². The van der Waals surface area contributed by atoms with Gasteiger partial charge in [-0.15, -0.1) is 0 Å². The second-order valence-electron chi connectivity index (χ2n) is 10.3. The van der Waals surface area contributed by atoms with Crippen LogP contribution in [0.3, 0.4) is 0 Å². The molecule has 1 heterocycles. The summed E-state index contributed by atoms with van der Waals surface area (Å²) in [6.07, 6.45) is 4.40. The maximum absolute atomic E-state index is 14.2. The van der Waals surface area contributed by atoms with Gasteiger partial charge in [0.25, 0.3) is 6.43 Å². The van der Waals surface area contributed by atoms with Gasteiger partial charge in [0.1, 0.15) is 5.75 Å². The van der Waals surface area contributed by atoms with Gasteiger partial charge in [-0.1, -0.05) is 32.0 Å². The summed E-state index contributed by atoms with van der Waals surface area (Å²) in [5.74, 6) is 0.407. The summed E-state index contributed by atoms with van der Waals surface area (Å²) in [4.78, 5) is 13.6. The molecule has 0 amide bonds. The molecule has 0 aromatic heterocycles. The zero-order valence-electron chi connectivity index (χ0n) is 20.3. The van der Waals surface area contributed by atoms with E-state index >= 15 is 0 Å². The van der Waals surface area contributed by atoms with E-state index in [1.54, 1.807) is 6.07 Å². The summed E-state index contributed by atoms with van der Waals surface area (Å²) < 4.78 is 34.5. The van der Waals surface area contributed by atoms with Gasteiger partial charge in [-0.05, 0) is 91.8 Å². The van der Waals surface area contributed by atoms with Gasteiger partial charge >= 0.3 is 5.97 Å². The first kappa shape index (κ1) is 24.9. The molecular formula is C28H37F2NO3. The van der Waals surface area contributed by atoms with Crippen LogP contribution in [0.2, 0.25) is 0 Å². The van der Waals surface area contributed by atoms with E-state index in [1.165, 1.54) is 0 Å². The van der Waals surface area contributed by atoms with E-state index in [9.17, 15) is 18.7 Å². The topological polar surface area (TPSA) is 49.8 Å². The van der Waals surface area contributed by atoms with Gasteiger partial charge in [0.05, 0.1) is 11.7 Å². The normalized spacial score (nSPS) is 24.9. The minimum absolute atomic E-state index is 0.00443. The Bertz CT molecular complexity index is 987. The lowest BCUT2D eigenvalue weighted by Crippen LogP contribution is -2.38. The molecule has 1 unspecified atom stereocenters. The summed E-state index contributed by atoms with van der Waals surface area (Å²) in [7, 11) is 0. The van der Waals surface area contributed by atoms with Crippen molar-refractivity contribution in [2.24, 2.45) is 11.8 Å². The Morgan fingerprint density at radius 1 is 1.15 bits per heavy atom. The number of hydrogen-bond donors (Lipinski definition) is 1. The number of aliphatic carboxylic acids is 1. The minimum atomic E-state index is -2.60. The van der Waals surface area contributed by atoms with E-state index in [-0.39, 0.29) is 30.0 Å². The van der Waals surface area contributed by atoms with Crippen LogP contribution in [0.15, 0.2) is 30.3 Å². The Labute approximate surface area is 201 Å².